The average Bonchev–Trinajstić information content (AvgIpc) is 3.17. The molecule has 0 saturated carbocycles. The summed E-state index contributed by atoms with van der Waals surface area (Å²) >= 11 is 0. The Kier molecular flexibility index (Phi) is 3.78. The topological polar surface area (TPSA) is 87.3 Å². The quantitative estimate of drug-likeness (QED) is 0.893. The highest BCUT2D eigenvalue weighted by Gasteiger charge is 2.35. The van der Waals surface area contributed by atoms with E-state index < -0.39 is 0 Å². The smallest absolute Gasteiger partial charge is 0.229 e. The molecule has 2 heterocycles. The number of hydrogen-bond acceptors (Lipinski definition) is 4. The van der Waals surface area contributed by atoms with Crippen molar-refractivity contribution in [2.45, 2.75) is 6.42 Å². The number of amides is 2. The zero-order valence-electron chi connectivity index (χ0n) is 12.1. The molecule has 1 aliphatic heterocycles. The summed E-state index contributed by atoms with van der Waals surface area (Å²) in [7, 11) is 1.58. The predicted molar refractivity (Wildman–Crippen MR) is 80.7 cm³/mol. The standard InChI is InChI=1S/C15H16N4O3/c1-22-13-4-2-3-12(6-13)19-9-10(5-14(19)20)15(21)18-11-7-16-17-8-11/h2-4,6-8,10H,5,9H2,1H3,(H,16,17)(H,18,21)/t10-/m1/s1. The van der Waals surface area contributed by atoms with Crippen molar-refractivity contribution in [3.05, 3.63) is 36.7 Å². The summed E-state index contributed by atoms with van der Waals surface area (Å²) in [5.41, 5.74) is 1.33. The van der Waals surface area contributed by atoms with Crippen molar-refractivity contribution in [3.8, 4) is 5.75 Å². The lowest BCUT2D eigenvalue weighted by atomic mass is 10.1. The van der Waals surface area contributed by atoms with Crippen LogP contribution < -0.4 is 15.0 Å². The maximum Gasteiger partial charge on any atom is 0.229 e. The van der Waals surface area contributed by atoms with Crippen molar-refractivity contribution in [3.63, 3.8) is 0 Å². The van der Waals surface area contributed by atoms with Crippen molar-refractivity contribution in [1.29, 1.82) is 0 Å². The Bertz CT molecular complexity index is 684. The van der Waals surface area contributed by atoms with Crippen LogP contribution in [0.2, 0.25) is 0 Å². The van der Waals surface area contributed by atoms with Gasteiger partial charge in [0.2, 0.25) is 11.8 Å². The highest BCUT2D eigenvalue weighted by molar-refractivity contribution is 6.03. The molecule has 1 aromatic carbocycles. The molecule has 1 fully saturated rings. The molecule has 1 aromatic heterocycles. The maximum atomic E-state index is 12.2. The third-order valence-electron chi connectivity index (χ3n) is 3.63. The molecular formula is C15H16N4O3. The minimum atomic E-state index is -0.381. The lowest BCUT2D eigenvalue weighted by molar-refractivity contribution is -0.122. The van der Waals surface area contributed by atoms with Gasteiger partial charge in [0.15, 0.2) is 0 Å². The van der Waals surface area contributed by atoms with Crippen molar-refractivity contribution in [1.82, 2.24) is 10.2 Å². The highest BCUT2D eigenvalue weighted by Crippen LogP contribution is 2.28. The first kappa shape index (κ1) is 14.1. The fourth-order valence-corrected chi connectivity index (χ4v) is 2.47. The van der Waals surface area contributed by atoms with E-state index in [0.29, 0.717) is 18.0 Å². The number of carbonyl (C=O) groups is 2. The van der Waals surface area contributed by atoms with E-state index in [9.17, 15) is 9.59 Å². The number of aromatic amines is 1. The summed E-state index contributed by atoms with van der Waals surface area (Å²) in [5, 5.41) is 9.14. The van der Waals surface area contributed by atoms with E-state index in [1.165, 1.54) is 6.20 Å². The second-order valence-electron chi connectivity index (χ2n) is 5.08. The summed E-state index contributed by atoms with van der Waals surface area (Å²) in [6.45, 7) is 0.357. The van der Waals surface area contributed by atoms with Crippen molar-refractivity contribution < 1.29 is 14.3 Å². The van der Waals surface area contributed by atoms with E-state index in [1.54, 1.807) is 24.3 Å². The van der Waals surface area contributed by atoms with Gasteiger partial charge < -0.3 is 15.0 Å². The Labute approximate surface area is 127 Å². The molecule has 22 heavy (non-hydrogen) atoms. The lowest BCUT2D eigenvalue weighted by Gasteiger charge is -2.17. The molecule has 0 unspecified atom stereocenters. The van der Waals surface area contributed by atoms with E-state index >= 15 is 0 Å². The fourth-order valence-electron chi connectivity index (χ4n) is 2.47. The van der Waals surface area contributed by atoms with Crippen LogP contribution in [0, 0.1) is 5.92 Å². The molecule has 2 aromatic rings. The second kappa shape index (κ2) is 5.88. The SMILES string of the molecule is COc1cccc(N2C[C@H](C(=O)Nc3cn[nH]c3)CC2=O)c1. The molecule has 2 amide bonds. The first-order valence-electron chi connectivity index (χ1n) is 6.91. The van der Waals surface area contributed by atoms with Crippen molar-refractivity contribution >= 4 is 23.2 Å². The third-order valence-corrected chi connectivity index (χ3v) is 3.63. The van der Waals surface area contributed by atoms with Gasteiger partial charge in [-0.15, -0.1) is 0 Å². The van der Waals surface area contributed by atoms with E-state index in [1.807, 2.05) is 18.2 Å². The highest BCUT2D eigenvalue weighted by atomic mass is 16.5. The van der Waals surface area contributed by atoms with E-state index in [4.69, 9.17) is 4.74 Å². The van der Waals surface area contributed by atoms with Gasteiger partial charge in [-0.05, 0) is 12.1 Å². The largest absolute Gasteiger partial charge is 0.497 e. The van der Waals surface area contributed by atoms with Gasteiger partial charge in [-0.3, -0.25) is 14.7 Å². The van der Waals surface area contributed by atoms with Gasteiger partial charge in [0, 0.05) is 30.9 Å². The minimum Gasteiger partial charge on any atom is -0.497 e. The summed E-state index contributed by atoms with van der Waals surface area (Å²) in [5.74, 6) is 0.0472. The lowest BCUT2D eigenvalue weighted by Crippen LogP contribution is -2.28. The molecule has 0 radical (unpaired) electrons. The number of benzene rings is 1. The molecule has 3 rings (SSSR count). The van der Waals surface area contributed by atoms with Gasteiger partial charge in [-0.25, -0.2) is 0 Å². The van der Waals surface area contributed by atoms with Crippen LogP contribution in [0.5, 0.6) is 5.75 Å². The van der Waals surface area contributed by atoms with E-state index in [0.717, 1.165) is 5.69 Å². The van der Waals surface area contributed by atoms with Crippen molar-refractivity contribution in [2.75, 3.05) is 23.9 Å². The number of H-pyrrole nitrogens is 1. The Morgan fingerprint density at radius 3 is 3.09 bits per heavy atom. The fraction of sp³-hybridized carbons (Fsp3) is 0.267. The molecule has 0 bridgehead atoms. The van der Waals surface area contributed by atoms with Gasteiger partial charge >= 0.3 is 0 Å². The van der Waals surface area contributed by atoms with E-state index in [-0.39, 0.29) is 24.2 Å². The third kappa shape index (κ3) is 2.78. The molecule has 114 valence electrons. The molecule has 1 atom stereocenters. The zero-order chi connectivity index (χ0) is 15.5. The van der Waals surface area contributed by atoms with Gasteiger partial charge in [0.1, 0.15) is 5.75 Å². The Hall–Kier alpha value is -2.83. The first-order valence-corrected chi connectivity index (χ1v) is 6.91. The number of carbonyl (C=O) groups excluding carboxylic acids is 2. The Morgan fingerprint density at radius 2 is 2.36 bits per heavy atom. The number of nitrogens with zero attached hydrogens (tertiary/aromatic N) is 2. The van der Waals surface area contributed by atoms with Gasteiger partial charge in [-0.1, -0.05) is 6.07 Å². The van der Waals surface area contributed by atoms with Gasteiger partial charge in [-0.2, -0.15) is 5.10 Å². The normalized spacial score (nSPS) is 17.6. The predicted octanol–water partition coefficient (Wildman–Crippen LogP) is 1.41. The summed E-state index contributed by atoms with van der Waals surface area (Å²) < 4.78 is 5.17. The molecule has 0 aliphatic carbocycles. The number of aromatic nitrogens is 2. The Morgan fingerprint density at radius 1 is 1.50 bits per heavy atom. The Balaban J connectivity index is 1.71. The van der Waals surface area contributed by atoms with Crippen LogP contribution in [0.25, 0.3) is 0 Å². The first-order chi connectivity index (χ1) is 10.7. The minimum absolute atomic E-state index is 0.0689. The van der Waals surface area contributed by atoms with Crippen LogP contribution in [0.4, 0.5) is 11.4 Å². The molecule has 1 saturated heterocycles. The number of hydrogen-bond donors (Lipinski definition) is 2. The molecular weight excluding hydrogens is 284 g/mol. The zero-order valence-corrected chi connectivity index (χ0v) is 12.1. The summed E-state index contributed by atoms with van der Waals surface area (Å²) in [6, 6.07) is 7.25. The van der Waals surface area contributed by atoms with Gasteiger partial charge in [0.25, 0.3) is 0 Å². The van der Waals surface area contributed by atoms with E-state index in [2.05, 4.69) is 15.5 Å². The van der Waals surface area contributed by atoms with Gasteiger partial charge in [0.05, 0.1) is 24.9 Å². The summed E-state index contributed by atoms with van der Waals surface area (Å²) in [6.07, 6.45) is 3.31. The molecule has 7 nitrogen and oxygen atoms in total. The van der Waals surface area contributed by atoms with Crippen LogP contribution >= 0.6 is 0 Å². The van der Waals surface area contributed by atoms with Crippen LogP contribution in [-0.2, 0) is 9.59 Å². The number of nitrogens with one attached hydrogen (secondary N) is 2. The number of anilines is 2. The molecule has 1 aliphatic rings. The van der Waals surface area contributed by atoms with Crippen molar-refractivity contribution in [2.24, 2.45) is 5.92 Å². The number of ether oxygens (including phenoxy) is 1. The van der Waals surface area contributed by atoms with Crippen LogP contribution in [0.1, 0.15) is 6.42 Å². The van der Waals surface area contributed by atoms with Crippen LogP contribution in [0.3, 0.4) is 0 Å². The number of methoxy groups -OCH3 is 1. The van der Waals surface area contributed by atoms with Crippen LogP contribution in [0.15, 0.2) is 36.7 Å². The summed E-state index contributed by atoms with van der Waals surface area (Å²) in [4.78, 5) is 26.0. The van der Waals surface area contributed by atoms with Crippen LogP contribution in [-0.4, -0.2) is 35.7 Å². The molecule has 7 heteroatoms. The maximum absolute atomic E-state index is 12.2. The number of rotatable bonds is 4. The molecule has 2 N–H and O–H groups in total. The monoisotopic (exact) mass is 300 g/mol. The molecule has 0 spiro atoms. The average molecular weight is 300 g/mol. The second-order valence-corrected chi connectivity index (χ2v) is 5.08.